The normalized spacial score (nSPS) is 23.5. The summed E-state index contributed by atoms with van der Waals surface area (Å²) in [7, 11) is 0. The SMILES string of the molecule is C=CC(=O)OCCOC1(OCC)OC(OCC)(OCC)C(OCC)(OCC)OC(OCC)(OC(=O)C=C)C(OCC)(OCC)OC1(OCC)OCC. The van der Waals surface area contributed by atoms with Crippen LogP contribution in [-0.4, -0.2) is 127 Å². The summed E-state index contributed by atoms with van der Waals surface area (Å²) >= 11 is 0. The van der Waals surface area contributed by atoms with E-state index >= 15 is 0 Å². The Labute approximate surface area is 307 Å². The molecule has 1 aliphatic rings. The quantitative estimate of drug-likeness (QED) is 0.0510. The smallest absolute Gasteiger partial charge is 0.421 e. The zero-order valence-corrected chi connectivity index (χ0v) is 32.4. The van der Waals surface area contributed by atoms with Crippen LogP contribution in [0.2, 0.25) is 0 Å². The Morgan fingerprint density at radius 3 is 0.942 bits per heavy atom. The number of ether oxygens (including phenoxy) is 16. The molecular formula is C34H60O18. The van der Waals surface area contributed by atoms with Crippen molar-refractivity contribution in [2.45, 2.75) is 105 Å². The van der Waals surface area contributed by atoms with Crippen LogP contribution in [0.4, 0.5) is 0 Å². The number of esters is 2. The molecule has 304 valence electrons. The van der Waals surface area contributed by atoms with Gasteiger partial charge in [0, 0.05) is 71.6 Å². The largest absolute Gasteiger partial charge is 0.460 e. The molecule has 2 atom stereocenters. The van der Waals surface area contributed by atoms with Gasteiger partial charge in [-0.3, -0.25) is 9.47 Å². The minimum absolute atomic E-state index is 0.169. The summed E-state index contributed by atoms with van der Waals surface area (Å²) < 4.78 is 100. The first kappa shape index (κ1) is 47.9. The first-order valence-corrected chi connectivity index (χ1v) is 17.7. The molecule has 0 saturated carbocycles. The molecule has 0 aliphatic carbocycles. The minimum atomic E-state index is -3.01. The van der Waals surface area contributed by atoms with E-state index in [9.17, 15) is 9.59 Å². The highest BCUT2D eigenvalue weighted by Gasteiger charge is 2.81. The Kier molecular flexibility index (Phi) is 21.1. The summed E-state index contributed by atoms with van der Waals surface area (Å²) in [6.45, 7) is 20.2. The van der Waals surface area contributed by atoms with Crippen LogP contribution in [0.1, 0.15) is 69.2 Å². The molecule has 52 heavy (non-hydrogen) atoms. The monoisotopic (exact) mass is 756 g/mol. The topological polar surface area (TPSA) is 182 Å². The highest BCUT2D eigenvalue weighted by atomic mass is 17.1. The van der Waals surface area contributed by atoms with Crippen molar-refractivity contribution in [3.63, 3.8) is 0 Å². The minimum Gasteiger partial charge on any atom is -0.460 e. The van der Waals surface area contributed by atoms with Crippen molar-refractivity contribution < 1.29 is 85.4 Å². The summed E-state index contributed by atoms with van der Waals surface area (Å²) in [6, 6.07) is 0. The second kappa shape index (κ2) is 22.9. The van der Waals surface area contributed by atoms with E-state index in [0.29, 0.717) is 0 Å². The highest BCUT2D eigenvalue weighted by Crippen LogP contribution is 2.53. The van der Waals surface area contributed by atoms with Gasteiger partial charge in [-0.1, -0.05) is 13.2 Å². The lowest BCUT2D eigenvalue weighted by Gasteiger charge is -2.51. The van der Waals surface area contributed by atoms with Gasteiger partial charge in [0.25, 0.3) is 0 Å². The van der Waals surface area contributed by atoms with Crippen molar-refractivity contribution in [1.29, 1.82) is 0 Å². The second-order valence-corrected chi connectivity index (χ2v) is 9.82. The molecule has 2 unspecified atom stereocenters. The molecule has 0 bridgehead atoms. The van der Waals surface area contributed by atoms with Crippen LogP contribution in [0.25, 0.3) is 0 Å². The van der Waals surface area contributed by atoms with Crippen LogP contribution in [0.15, 0.2) is 25.3 Å². The summed E-state index contributed by atoms with van der Waals surface area (Å²) in [5.41, 5.74) is 0. The highest BCUT2D eigenvalue weighted by molar-refractivity contribution is 5.81. The third-order valence-electron chi connectivity index (χ3n) is 6.46. The summed E-state index contributed by atoms with van der Waals surface area (Å²) in [5, 5.41) is 0. The predicted molar refractivity (Wildman–Crippen MR) is 179 cm³/mol. The third kappa shape index (κ3) is 10.5. The fraction of sp³-hybridized carbons (Fsp3) is 0.824. The van der Waals surface area contributed by atoms with Crippen molar-refractivity contribution in [3.8, 4) is 0 Å². The number of carbonyl (C=O) groups is 2. The molecule has 0 aromatic heterocycles. The molecule has 1 saturated heterocycles. The van der Waals surface area contributed by atoms with Crippen molar-refractivity contribution in [1.82, 2.24) is 0 Å². The lowest BCUT2D eigenvalue weighted by atomic mass is 10.3. The van der Waals surface area contributed by atoms with E-state index in [-0.39, 0.29) is 72.7 Å². The molecular weight excluding hydrogens is 696 g/mol. The standard InChI is InChI=1S/C34H60O18/c1-13-27(35)37-25-26-48-32(44-21-9)31(42-19-7,43-20-8)51-33(45-22-10,46-23-11)34(47-24-12,49-28(36)14-2)52-30(40-17-5,41-18-6)29(50-32,38-15-3)39-16-4/h13-14H,1-2,15-26H2,3-12H3. The van der Waals surface area contributed by atoms with E-state index in [1.807, 2.05) is 0 Å². The predicted octanol–water partition coefficient (Wildman–Crippen LogP) is 3.81. The Morgan fingerprint density at radius 2 is 0.654 bits per heavy atom. The Hall–Kier alpha value is -2.14. The first-order valence-electron chi connectivity index (χ1n) is 17.7. The third-order valence-corrected chi connectivity index (χ3v) is 6.46. The zero-order chi connectivity index (χ0) is 39.4. The van der Waals surface area contributed by atoms with Crippen molar-refractivity contribution in [3.05, 3.63) is 25.3 Å². The van der Waals surface area contributed by atoms with Crippen molar-refractivity contribution in [2.75, 3.05) is 79.3 Å². The van der Waals surface area contributed by atoms with Gasteiger partial charge in [-0.25, -0.2) is 14.3 Å². The van der Waals surface area contributed by atoms with Crippen LogP contribution < -0.4 is 0 Å². The molecule has 18 heteroatoms. The van der Waals surface area contributed by atoms with E-state index in [0.717, 1.165) is 12.2 Å². The lowest BCUT2D eigenvalue weighted by Crippen LogP contribution is -2.73. The summed E-state index contributed by atoms with van der Waals surface area (Å²) in [4.78, 5) is 25.4. The zero-order valence-electron chi connectivity index (χ0n) is 32.4. The van der Waals surface area contributed by atoms with Gasteiger partial charge in [-0.05, 0) is 69.2 Å². The molecule has 1 rings (SSSR count). The van der Waals surface area contributed by atoms with E-state index in [2.05, 4.69) is 13.2 Å². The molecule has 0 N–H and O–H groups in total. The average Bonchev–Trinajstić information content (AvgIpc) is 3.11. The Morgan fingerprint density at radius 1 is 0.404 bits per heavy atom. The fourth-order valence-corrected chi connectivity index (χ4v) is 4.97. The average molecular weight is 757 g/mol. The number of hydrogen-bond acceptors (Lipinski definition) is 18. The first-order chi connectivity index (χ1) is 24.9. The molecule has 0 radical (unpaired) electrons. The molecule has 0 aromatic carbocycles. The number of rotatable bonds is 27. The van der Waals surface area contributed by atoms with Gasteiger partial charge in [0.05, 0.1) is 13.2 Å². The molecule has 0 aromatic rings. The van der Waals surface area contributed by atoms with Crippen molar-refractivity contribution in [2.24, 2.45) is 0 Å². The maximum absolute atomic E-state index is 13.4. The Bertz CT molecular complexity index is 1050. The molecule has 1 aliphatic heterocycles. The number of carbonyl (C=O) groups excluding carboxylic acids is 2. The second-order valence-electron chi connectivity index (χ2n) is 9.82. The summed E-state index contributed by atoms with van der Waals surface area (Å²) in [5.74, 6) is -18.9. The maximum atomic E-state index is 13.4. The lowest BCUT2D eigenvalue weighted by molar-refractivity contribution is -0.647. The van der Waals surface area contributed by atoms with E-state index in [4.69, 9.17) is 75.8 Å². The van der Waals surface area contributed by atoms with E-state index in [1.54, 1.807) is 69.2 Å². The molecule has 0 amide bonds. The van der Waals surface area contributed by atoms with Gasteiger partial charge in [-0.2, -0.15) is 0 Å². The van der Waals surface area contributed by atoms with E-state index in [1.165, 1.54) is 0 Å². The van der Waals surface area contributed by atoms with Gasteiger partial charge in [-0.15, -0.1) is 0 Å². The van der Waals surface area contributed by atoms with Gasteiger partial charge in [0.2, 0.25) is 0 Å². The van der Waals surface area contributed by atoms with Crippen molar-refractivity contribution >= 4 is 11.9 Å². The van der Waals surface area contributed by atoms with Crippen LogP contribution >= 0.6 is 0 Å². The number of hydrogen-bond donors (Lipinski definition) is 0. The molecule has 0 spiro atoms. The van der Waals surface area contributed by atoms with Gasteiger partial charge >= 0.3 is 47.8 Å². The van der Waals surface area contributed by atoms with E-state index < -0.39 is 54.4 Å². The molecule has 1 heterocycles. The van der Waals surface area contributed by atoms with Crippen LogP contribution in [0, 0.1) is 0 Å². The van der Waals surface area contributed by atoms with Gasteiger partial charge in [0.1, 0.15) is 6.61 Å². The molecule has 18 nitrogen and oxygen atoms in total. The van der Waals surface area contributed by atoms with Crippen LogP contribution in [-0.2, 0) is 85.4 Å². The van der Waals surface area contributed by atoms with Gasteiger partial charge in [0.15, 0.2) is 0 Å². The van der Waals surface area contributed by atoms with Gasteiger partial charge < -0.3 is 61.6 Å². The van der Waals surface area contributed by atoms with Crippen LogP contribution in [0.3, 0.4) is 0 Å². The molecule has 1 fully saturated rings. The summed E-state index contributed by atoms with van der Waals surface area (Å²) in [6.07, 6.45) is 1.82. The van der Waals surface area contributed by atoms with Crippen LogP contribution in [0.5, 0.6) is 0 Å². The fourth-order valence-electron chi connectivity index (χ4n) is 4.97. The maximum Gasteiger partial charge on any atom is 0.421 e. The Balaban J connectivity index is 4.86.